The van der Waals surface area contributed by atoms with Crippen molar-refractivity contribution in [3.63, 3.8) is 0 Å². The molecule has 0 atom stereocenters. The number of aliphatic hydroxyl groups is 1. The highest BCUT2D eigenvalue weighted by Crippen LogP contribution is 2.08. The van der Waals surface area contributed by atoms with Gasteiger partial charge in [-0.25, -0.2) is 9.59 Å². The van der Waals surface area contributed by atoms with Crippen molar-refractivity contribution in [1.82, 2.24) is 4.90 Å². The van der Waals surface area contributed by atoms with Gasteiger partial charge in [-0.2, -0.15) is 0 Å². The lowest BCUT2D eigenvalue weighted by Gasteiger charge is -2.21. The van der Waals surface area contributed by atoms with E-state index in [2.05, 4.69) is 16.6 Å². The molecular formula is C25H49NO7. The molecule has 0 radical (unpaired) electrons. The molecular weight excluding hydrogens is 426 g/mol. The summed E-state index contributed by atoms with van der Waals surface area (Å²) < 4.78 is 14.7. The van der Waals surface area contributed by atoms with Crippen LogP contribution in [-0.2, 0) is 14.2 Å². The number of nitrogens with zero attached hydrogens (tertiary/aromatic N) is 1. The normalized spacial score (nSPS) is 11.0. The average Bonchev–Trinajstić information content (AvgIpc) is 2.79. The summed E-state index contributed by atoms with van der Waals surface area (Å²) in [4.78, 5) is 24.1. The number of carbonyl (C=O) groups excluding carboxylic acids is 1. The van der Waals surface area contributed by atoms with E-state index in [4.69, 9.17) is 14.6 Å². The zero-order valence-electron chi connectivity index (χ0n) is 20.9. The Hall–Kier alpha value is -1.54. The summed E-state index contributed by atoms with van der Waals surface area (Å²) in [5.41, 5.74) is 0. The molecule has 0 saturated heterocycles. The van der Waals surface area contributed by atoms with Gasteiger partial charge in [-0.05, 0) is 45.2 Å². The number of hydrogen-bond acceptors (Lipinski definition) is 7. The summed E-state index contributed by atoms with van der Waals surface area (Å²) in [6.45, 7) is 6.04. The van der Waals surface area contributed by atoms with E-state index in [-0.39, 0.29) is 13.2 Å². The summed E-state index contributed by atoms with van der Waals surface area (Å²) in [6.07, 6.45) is 14.3. The van der Waals surface area contributed by atoms with E-state index in [9.17, 15) is 14.7 Å². The lowest BCUT2D eigenvalue weighted by Crippen LogP contribution is -2.29. The maximum Gasteiger partial charge on any atom is 0.508 e. The van der Waals surface area contributed by atoms with E-state index in [1.54, 1.807) is 0 Å². The van der Waals surface area contributed by atoms with Crippen LogP contribution in [0.15, 0.2) is 0 Å². The Balaban J connectivity index is 3.50. The smallest absolute Gasteiger partial charge is 0.450 e. The Morgan fingerprint density at radius 3 is 1.48 bits per heavy atom. The number of carbonyl (C=O) groups is 2. The van der Waals surface area contributed by atoms with Gasteiger partial charge >= 0.3 is 12.3 Å². The van der Waals surface area contributed by atoms with Gasteiger partial charge in [0.2, 0.25) is 0 Å². The predicted octanol–water partition coefficient (Wildman–Crippen LogP) is 6.00. The summed E-state index contributed by atoms with van der Waals surface area (Å²) in [7, 11) is 0. The van der Waals surface area contributed by atoms with Gasteiger partial charge in [-0.3, -0.25) is 0 Å². The summed E-state index contributed by atoms with van der Waals surface area (Å²) in [5, 5.41) is 17.7. The zero-order valence-corrected chi connectivity index (χ0v) is 20.9. The minimum Gasteiger partial charge on any atom is -0.450 e. The van der Waals surface area contributed by atoms with Crippen LogP contribution in [0.2, 0.25) is 0 Å². The standard InChI is InChI=1S/C25H49NO7/c1-2-3-4-5-6-9-15-22-32-25(30)33-23-16-11-8-13-18-26(19-20-27)17-12-7-10-14-21-31-24(28)29/h27H,2-23H2,1H3,(H,28,29). The van der Waals surface area contributed by atoms with Crippen molar-refractivity contribution in [3.8, 4) is 0 Å². The van der Waals surface area contributed by atoms with Crippen LogP contribution in [0.1, 0.15) is 103 Å². The van der Waals surface area contributed by atoms with E-state index in [1.807, 2.05) is 0 Å². The van der Waals surface area contributed by atoms with E-state index in [0.717, 1.165) is 77.3 Å². The van der Waals surface area contributed by atoms with Gasteiger partial charge < -0.3 is 29.3 Å². The largest absolute Gasteiger partial charge is 0.508 e. The third-order valence-electron chi connectivity index (χ3n) is 5.57. The van der Waals surface area contributed by atoms with Crippen molar-refractivity contribution in [3.05, 3.63) is 0 Å². The van der Waals surface area contributed by atoms with E-state index >= 15 is 0 Å². The van der Waals surface area contributed by atoms with Crippen molar-refractivity contribution in [2.45, 2.75) is 103 Å². The number of unbranched alkanes of at least 4 members (excludes halogenated alkanes) is 12. The van der Waals surface area contributed by atoms with E-state index < -0.39 is 12.3 Å². The first-order valence-corrected chi connectivity index (χ1v) is 13.1. The molecule has 0 aromatic carbocycles. The van der Waals surface area contributed by atoms with E-state index in [1.165, 1.54) is 32.1 Å². The fourth-order valence-corrected chi connectivity index (χ4v) is 3.63. The number of rotatable bonds is 24. The Morgan fingerprint density at radius 2 is 1.03 bits per heavy atom. The van der Waals surface area contributed by atoms with Gasteiger partial charge in [0.25, 0.3) is 0 Å². The highest BCUT2D eigenvalue weighted by atomic mass is 16.7. The Kier molecular flexibility index (Phi) is 23.9. The predicted molar refractivity (Wildman–Crippen MR) is 130 cm³/mol. The van der Waals surface area contributed by atoms with Crippen LogP contribution in [0.4, 0.5) is 9.59 Å². The van der Waals surface area contributed by atoms with Crippen LogP contribution in [0.3, 0.4) is 0 Å². The van der Waals surface area contributed by atoms with Crippen molar-refractivity contribution in [1.29, 1.82) is 0 Å². The van der Waals surface area contributed by atoms with Crippen LogP contribution in [0.5, 0.6) is 0 Å². The highest BCUT2D eigenvalue weighted by molar-refractivity contribution is 5.59. The third kappa shape index (κ3) is 24.9. The molecule has 0 fully saturated rings. The maximum atomic E-state index is 11.6. The molecule has 0 bridgehead atoms. The quantitative estimate of drug-likeness (QED) is 0.129. The van der Waals surface area contributed by atoms with Gasteiger partial charge in [-0.15, -0.1) is 0 Å². The molecule has 0 spiro atoms. The molecule has 0 heterocycles. The summed E-state index contributed by atoms with van der Waals surface area (Å²) in [6, 6.07) is 0. The lowest BCUT2D eigenvalue weighted by atomic mass is 10.1. The zero-order chi connectivity index (χ0) is 24.4. The minimum atomic E-state index is -1.21. The van der Waals surface area contributed by atoms with Crippen LogP contribution >= 0.6 is 0 Å². The lowest BCUT2D eigenvalue weighted by molar-refractivity contribution is 0.0528. The molecule has 33 heavy (non-hydrogen) atoms. The fraction of sp³-hybridized carbons (Fsp3) is 0.920. The van der Waals surface area contributed by atoms with Gasteiger partial charge in [0.1, 0.15) is 0 Å². The van der Waals surface area contributed by atoms with Crippen LogP contribution in [0.25, 0.3) is 0 Å². The first-order chi connectivity index (χ1) is 16.1. The van der Waals surface area contributed by atoms with Crippen LogP contribution < -0.4 is 0 Å². The Labute approximate surface area is 201 Å². The number of hydrogen-bond donors (Lipinski definition) is 2. The molecule has 0 aromatic heterocycles. The highest BCUT2D eigenvalue weighted by Gasteiger charge is 2.06. The second-order valence-corrected chi connectivity index (χ2v) is 8.58. The Morgan fingerprint density at radius 1 is 0.606 bits per heavy atom. The minimum absolute atomic E-state index is 0.154. The molecule has 0 unspecified atom stereocenters. The van der Waals surface area contributed by atoms with Crippen molar-refractivity contribution in [2.24, 2.45) is 0 Å². The molecule has 8 heteroatoms. The van der Waals surface area contributed by atoms with Crippen molar-refractivity contribution < 1.29 is 34.0 Å². The molecule has 0 rings (SSSR count). The molecule has 0 aromatic rings. The summed E-state index contributed by atoms with van der Waals surface area (Å²) >= 11 is 0. The SMILES string of the molecule is CCCCCCCCCOC(=O)OCCCCCCN(CCO)CCCCCCOC(=O)O. The van der Waals surface area contributed by atoms with Gasteiger partial charge in [0.15, 0.2) is 0 Å². The second kappa shape index (κ2) is 25.1. The monoisotopic (exact) mass is 475 g/mol. The maximum absolute atomic E-state index is 11.6. The average molecular weight is 476 g/mol. The molecule has 8 nitrogen and oxygen atoms in total. The van der Waals surface area contributed by atoms with Crippen LogP contribution in [0, 0.1) is 0 Å². The second-order valence-electron chi connectivity index (χ2n) is 8.58. The third-order valence-corrected chi connectivity index (χ3v) is 5.57. The molecule has 0 aliphatic carbocycles. The topological polar surface area (TPSA) is 106 Å². The molecule has 2 N–H and O–H groups in total. The molecule has 0 saturated carbocycles. The first-order valence-electron chi connectivity index (χ1n) is 13.1. The number of aliphatic hydroxyl groups excluding tert-OH is 1. The summed E-state index contributed by atoms with van der Waals surface area (Å²) in [5.74, 6) is 0. The van der Waals surface area contributed by atoms with Gasteiger partial charge in [-0.1, -0.05) is 71.1 Å². The number of carboxylic acid groups (broad SMARTS) is 1. The molecule has 196 valence electrons. The fourth-order valence-electron chi connectivity index (χ4n) is 3.63. The molecule has 0 amide bonds. The number of ether oxygens (including phenoxy) is 3. The Bertz CT molecular complexity index is 448. The molecule has 0 aliphatic rings. The van der Waals surface area contributed by atoms with Crippen LogP contribution in [-0.4, -0.2) is 73.5 Å². The van der Waals surface area contributed by atoms with Crippen molar-refractivity contribution >= 4 is 12.3 Å². The van der Waals surface area contributed by atoms with Gasteiger partial charge in [0.05, 0.1) is 26.4 Å². The first kappa shape index (κ1) is 31.5. The van der Waals surface area contributed by atoms with Crippen molar-refractivity contribution in [2.75, 3.05) is 46.1 Å². The van der Waals surface area contributed by atoms with E-state index in [0.29, 0.717) is 19.8 Å². The molecule has 0 aliphatic heterocycles. The van der Waals surface area contributed by atoms with Gasteiger partial charge in [0, 0.05) is 6.54 Å².